The lowest BCUT2D eigenvalue weighted by Gasteiger charge is -2.26. The van der Waals surface area contributed by atoms with Crippen LogP contribution in [-0.4, -0.2) is 15.1 Å². The van der Waals surface area contributed by atoms with Crippen molar-refractivity contribution in [2.45, 2.75) is 45.4 Å². The van der Waals surface area contributed by atoms with E-state index in [2.05, 4.69) is 120 Å². The minimum atomic E-state index is -0.281. The van der Waals surface area contributed by atoms with E-state index in [4.69, 9.17) is 14.4 Å². The quantitative estimate of drug-likeness (QED) is 0.202. The molecule has 0 saturated carbocycles. The number of benzene rings is 5. The lowest BCUT2D eigenvalue weighted by molar-refractivity contribution is 0.473. The molecule has 0 bridgehead atoms. The van der Waals surface area contributed by atoms with E-state index in [9.17, 15) is 5.11 Å². The molecule has 7 aromatic rings. The van der Waals surface area contributed by atoms with E-state index in [0.717, 1.165) is 44.6 Å². The topological polar surface area (TPSA) is 59.2 Å². The Morgan fingerprint density at radius 1 is 0.553 bits per heavy atom. The van der Waals surface area contributed by atoms with Gasteiger partial charge in [0.05, 0.1) is 11.3 Å². The Hall–Kier alpha value is -5.48. The van der Waals surface area contributed by atoms with Gasteiger partial charge in [0.25, 0.3) is 0 Å². The highest BCUT2D eigenvalue weighted by molar-refractivity contribution is 5.93. The van der Waals surface area contributed by atoms with Crippen molar-refractivity contribution in [3.63, 3.8) is 0 Å². The SMILES string of the molecule is CC(C)(C)c1cc(-c2cc(-c3ccccc3)ccn2)cc(-c2cccc3oc(-c4cc(C(C)(C)c5ccccc5)ccc4O)nc23)c1. The summed E-state index contributed by atoms with van der Waals surface area (Å²) in [5.41, 5.74) is 11.3. The van der Waals surface area contributed by atoms with Crippen LogP contribution in [0.2, 0.25) is 0 Å². The molecular weight excluding hydrogens is 576 g/mol. The summed E-state index contributed by atoms with van der Waals surface area (Å²) in [5.74, 6) is 0.521. The molecule has 4 heteroatoms. The van der Waals surface area contributed by atoms with E-state index in [1.165, 1.54) is 11.1 Å². The summed E-state index contributed by atoms with van der Waals surface area (Å²) in [6.45, 7) is 11.1. The first-order valence-corrected chi connectivity index (χ1v) is 16.0. The summed E-state index contributed by atoms with van der Waals surface area (Å²) < 4.78 is 6.36. The van der Waals surface area contributed by atoms with Crippen LogP contribution in [0.5, 0.6) is 5.75 Å². The van der Waals surface area contributed by atoms with Crippen molar-refractivity contribution in [3.05, 3.63) is 150 Å². The number of fused-ring (bicyclic) bond motifs is 1. The van der Waals surface area contributed by atoms with Crippen molar-refractivity contribution in [2.75, 3.05) is 0 Å². The number of oxazole rings is 1. The van der Waals surface area contributed by atoms with Gasteiger partial charge in [0, 0.05) is 22.7 Å². The second-order valence-electron chi connectivity index (χ2n) is 13.7. The highest BCUT2D eigenvalue weighted by Crippen LogP contribution is 2.41. The zero-order valence-electron chi connectivity index (χ0n) is 27.5. The molecule has 0 spiro atoms. The number of phenolic OH excluding ortho intramolecular Hbond substituents is 1. The molecule has 0 radical (unpaired) electrons. The van der Waals surface area contributed by atoms with Crippen LogP contribution < -0.4 is 0 Å². The predicted octanol–water partition coefficient (Wildman–Crippen LogP) is 11.2. The normalized spacial score (nSPS) is 12.0. The molecule has 0 aliphatic carbocycles. The number of aromatic hydroxyl groups is 1. The lowest BCUT2D eigenvalue weighted by atomic mass is 9.77. The molecule has 7 rings (SSSR count). The van der Waals surface area contributed by atoms with Crippen LogP contribution in [0.15, 0.2) is 138 Å². The van der Waals surface area contributed by atoms with Gasteiger partial charge in [-0.05, 0) is 81.3 Å². The van der Waals surface area contributed by atoms with Crippen molar-refractivity contribution >= 4 is 11.1 Å². The van der Waals surface area contributed by atoms with E-state index in [1.807, 2.05) is 42.6 Å². The maximum atomic E-state index is 11.0. The van der Waals surface area contributed by atoms with E-state index < -0.39 is 0 Å². The Balaban J connectivity index is 1.34. The molecule has 0 atom stereocenters. The van der Waals surface area contributed by atoms with Gasteiger partial charge in [-0.1, -0.05) is 120 Å². The molecule has 5 aromatic carbocycles. The van der Waals surface area contributed by atoms with Gasteiger partial charge in [0.2, 0.25) is 5.89 Å². The molecule has 232 valence electrons. The average molecular weight is 615 g/mol. The van der Waals surface area contributed by atoms with Crippen LogP contribution in [0, 0.1) is 0 Å². The van der Waals surface area contributed by atoms with Crippen LogP contribution in [0.4, 0.5) is 0 Å². The standard InChI is InChI=1S/C43H38N2O2/c1-42(2,3)34-24-30(23-31(25-34)37-26-29(21-22-44-37)28-13-8-6-9-14-28)35-17-12-18-39-40(35)45-41(47-39)36-27-33(19-20-38(36)46)43(4,5)32-15-10-7-11-16-32/h6-27,46H,1-5H3. The van der Waals surface area contributed by atoms with Crippen LogP contribution in [0.1, 0.15) is 51.3 Å². The largest absolute Gasteiger partial charge is 0.507 e. The first kappa shape index (κ1) is 30.2. The van der Waals surface area contributed by atoms with Crippen molar-refractivity contribution < 1.29 is 9.52 Å². The number of rotatable bonds is 6. The Labute approximate surface area is 276 Å². The van der Waals surface area contributed by atoms with Gasteiger partial charge in [-0.2, -0.15) is 0 Å². The summed E-state index contributed by atoms with van der Waals surface area (Å²) in [4.78, 5) is 9.82. The maximum Gasteiger partial charge on any atom is 0.231 e. The highest BCUT2D eigenvalue weighted by Gasteiger charge is 2.26. The molecule has 2 aromatic heterocycles. The molecule has 1 N–H and O–H groups in total. The van der Waals surface area contributed by atoms with Gasteiger partial charge in [0.1, 0.15) is 11.3 Å². The fourth-order valence-corrected chi connectivity index (χ4v) is 6.18. The molecule has 47 heavy (non-hydrogen) atoms. The van der Waals surface area contributed by atoms with Crippen LogP contribution in [-0.2, 0) is 10.8 Å². The fourth-order valence-electron chi connectivity index (χ4n) is 6.18. The Morgan fingerprint density at radius 2 is 1.28 bits per heavy atom. The predicted molar refractivity (Wildman–Crippen MR) is 192 cm³/mol. The number of nitrogens with zero attached hydrogens (tertiary/aromatic N) is 2. The first-order valence-electron chi connectivity index (χ1n) is 16.0. The number of phenols is 1. The zero-order chi connectivity index (χ0) is 32.8. The number of pyridine rings is 1. The number of hydrogen-bond donors (Lipinski definition) is 1. The van der Waals surface area contributed by atoms with Gasteiger partial charge in [0.15, 0.2) is 5.58 Å². The van der Waals surface area contributed by atoms with E-state index in [0.29, 0.717) is 17.0 Å². The van der Waals surface area contributed by atoms with Gasteiger partial charge in [-0.3, -0.25) is 4.98 Å². The summed E-state index contributed by atoms with van der Waals surface area (Å²) in [7, 11) is 0. The van der Waals surface area contributed by atoms with Gasteiger partial charge < -0.3 is 9.52 Å². The molecule has 2 heterocycles. The number of hydrogen-bond acceptors (Lipinski definition) is 4. The van der Waals surface area contributed by atoms with Gasteiger partial charge >= 0.3 is 0 Å². The summed E-state index contributed by atoms with van der Waals surface area (Å²) in [6, 6.07) is 43.4. The Morgan fingerprint density at radius 3 is 2.02 bits per heavy atom. The monoisotopic (exact) mass is 614 g/mol. The Bertz CT molecular complexity index is 2210. The maximum absolute atomic E-state index is 11.0. The highest BCUT2D eigenvalue weighted by atomic mass is 16.3. The van der Waals surface area contributed by atoms with Crippen molar-refractivity contribution in [1.82, 2.24) is 9.97 Å². The van der Waals surface area contributed by atoms with Crippen molar-refractivity contribution in [1.29, 1.82) is 0 Å². The molecule has 0 amide bonds. The molecule has 0 aliphatic rings. The number of para-hydroxylation sites is 1. The van der Waals surface area contributed by atoms with Crippen LogP contribution in [0.25, 0.3) is 56.1 Å². The number of aromatic nitrogens is 2. The zero-order valence-corrected chi connectivity index (χ0v) is 27.5. The summed E-state index contributed by atoms with van der Waals surface area (Å²) in [5, 5.41) is 11.0. The van der Waals surface area contributed by atoms with E-state index in [-0.39, 0.29) is 16.6 Å². The second kappa shape index (κ2) is 11.7. The van der Waals surface area contributed by atoms with Crippen molar-refractivity contribution in [2.24, 2.45) is 0 Å². The van der Waals surface area contributed by atoms with Crippen molar-refractivity contribution in [3.8, 4) is 50.7 Å². The molecular formula is C43H38N2O2. The van der Waals surface area contributed by atoms with Crippen LogP contribution in [0.3, 0.4) is 0 Å². The third kappa shape index (κ3) is 5.83. The minimum absolute atomic E-state index is 0.0948. The van der Waals surface area contributed by atoms with E-state index in [1.54, 1.807) is 6.07 Å². The Kier molecular flexibility index (Phi) is 7.52. The smallest absolute Gasteiger partial charge is 0.231 e. The first-order chi connectivity index (χ1) is 22.6. The van der Waals surface area contributed by atoms with Gasteiger partial charge in [-0.25, -0.2) is 4.98 Å². The minimum Gasteiger partial charge on any atom is -0.507 e. The molecule has 0 fully saturated rings. The molecule has 0 aliphatic heterocycles. The van der Waals surface area contributed by atoms with Crippen LogP contribution >= 0.6 is 0 Å². The molecule has 4 nitrogen and oxygen atoms in total. The molecule has 0 unspecified atom stereocenters. The third-order valence-electron chi connectivity index (χ3n) is 9.14. The van der Waals surface area contributed by atoms with E-state index >= 15 is 0 Å². The van der Waals surface area contributed by atoms with Gasteiger partial charge in [-0.15, -0.1) is 0 Å². The lowest BCUT2D eigenvalue weighted by Crippen LogP contribution is -2.18. The summed E-state index contributed by atoms with van der Waals surface area (Å²) >= 11 is 0. The molecule has 0 saturated heterocycles. The second-order valence-corrected chi connectivity index (χ2v) is 13.7. The summed E-state index contributed by atoms with van der Waals surface area (Å²) in [6.07, 6.45) is 1.88. The third-order valence-corrected chi connectivity index (χ3v) is 9.14. The average Bonchev–Trinajstić information content (AvgIpc) is 3.53. The fraction of sp³-hybridized carbons (Fsp3) is 0.163.